The molecule has 0 spiro atoms. The van der Waals surface area contributed by atoms with Gasteiger partial charge >= 0.3 is 5.97 Å². The summed E-state index contributed by atoms with van der Waals surface area (Å²) in [5.74, 6) is -1.26. The minimum atomic E-state index is -0.524. The molecule has 0 bridgehead atoms. The van der Waals surface area contributed by atoms with Gasteiger partial charge in [0.1, 0.15) is 5.82 Å². The molecule has 144 valence electrons. The fourth-order valence-corrected chi connectivity index (χ4v) is 3.60. The summed E-state index contributed by atoms with van der Waals surface area (Å²) in [6.45, 7) is -0.110. The van der Waals surface area contributed by atoms with Crippen molar-refractivity contribution in [1.29, 1.82) is 0 Å². The van der Waals surface area contributed by atoms with Crippen LogP contribution in [0.5, 0.6) is 0 Å². The lowest BCUT2D eigenvalue weighted by Crippen LogP contribution is -2.28. The van der Waals surface area contributed by atoms with E-state index in [2.05, 4.69) is 10.3 Å². The molecule has 1 aliphatic rings. The number of carbonyl (C=O) groups excluding carboxylic acids is 2. The number of aromatic amines is 1. The average molecular weight is 380 g/mol. The van der Waals surface area contributed by atoms with Gasteiger partial charge in [-0.15, -0.1) is 0 Å². The van der Waals surface area contributed by atoms with Gasteiger partial charge in [0.2, 0.25) is 0 Å². The number of carbonyl (C=O) groups is 2. The third-order valence-electron chi connectivity index (χ3n) is 5.07. The van der Waals surface area contributed by atoms with Gasteiger partial charge in [-0.05, 0) is 67.1 Å². The normalized spacial score (nSPS) is 13.2. The summed E-state index contributed by atoms with van der Waals surface area (Å²) in [6.07, 6.45) is 4.39. The topological polar surface area (TPSA) is 71.2 Å². The van der Waals surface area contributed by atoms with Crippen LogP contribution in [0, 0.1) is 5.82 Å². The summed E-state index contributed by atoms with van der Waals surface area (Å²) in [5, 5.41) is 3.71. The Kier molecular flexibility index (Phi) is 5.10. The molecule has 6 heteroatoms. The van der Waals surface area contributed by atoms with Crippen molar-refractivity contribution in [2.75, 3.05) is 6.61 Å². The molecule has 2 aromatic carbocycles. The summed E-state index contributed by atoms with van der Waals surface area (Å²) >= 11 is 0. The van der Waals surface area contributed by atoms with E-state index in [1.165, 1.54) is 29.8 Å². The van der Waals surface area contributed by atoms with Crippen molar-refractivity contribution in [2.45, 2.75) is 32.2 Å². The van der Waals surface area contributed by atoms with Crippen LogP contribution >= 0.6 is 0 Å². The van der Waals surface area contributed by atoms with Crippen molar-refractivity contribution in [1.82, 2.24) is 10.3 Å². The first-order valence-electron chi connectivity index (χ1n) is 9.42. The largest absolute Gasteiger partial charge is 0.452 e. The number of fused-ring (bicyclic) bond motifs is 3. The Hall–Kier alpha value is -3.15. The van der Waals surface area contributed by atoms with Crippen LogP contribution in [0.25, 0.3) is 10.9 Å². The highest BCUT2D eigenvalue weighted by Gasteiger charge is 2.17. The van der Waals surface area contributed by atoms with Gasteiger partial charge in [-0.1, -0.05) is 12.1 Å². The number of esters is 1. The third-order valence-corrected chi connectivity index (χ3v) is 5.07. The van der Waals surface area contributed by atoms with Gasteiger partial charge in [-0.25, -0.2) is 9.18 Å². The zero-order valence-corrected chi connectivity index (χ0v) is 15.4. The number of nitrogens with one attached hydrogen (secondary N) is 2. The van der Waals surface area contributed by atoms with Gasteiger partial charge < -0.3 is 15.0 Å². The fourth-order valence-electron chi connectivity index (χ4n) is 3.60. The Morgan fingerprint density at radius 3 is 2.68 bits per heavy atom. The predicted octanol–water partition coefficient (Wildman–Crippen LogP) is 3.66. The summed E-state index contributed by atoms with van der Waals surface area (Å²) in [6, 6.07) is 11.3. The molecule has 0 fully saturated rings. The Bertz CT molecular complexity index is 1020. The molecular weight excluding hydrogens is 359 g/mol. The highest BCUT2D eigenvalue weighted by Crippen LogP contribution is 2.29. The number of aromatic nitrogens is 1. The average Bonchev–Trinajstić information content (AvgIpc) is 3.09. The first kappa shape index (κ1) is 18.2. The number of halogens is 1. The molecule has 1 amide bonds. The second-order valence-corrected chi connectivity index (χ2v) is 7.03. The van der Waals surface area contributed by atoms with E-state index in [0.29, 0.717) is 5.56 Å². The van der Waals surface area contributed by atoms with Gasteiger partial charge in [0.15, 0.2) is 6.61 Å². The summed E-state index contributed by atoms with van der Waals surface area (Å²) < 4.78 is 18.0. The molecule has 5 nitrogen and oxygen atoms in total. The van der Waals surface area contributed by atoms with E-state index in [4.69, 9.17) is 4.74 Å². The maximum atomic E-state index is 12.9. The Morgan fingerprint density at radius 2 is 1.86 bits per heavy atom. The minimum absolute atomic E-state index is 0.248. The summed E-state index contributed by atoms with van der Waals surface area (Å²) in [5.41, 5.74) is 4.77. The zero-order chi connectivity index (χ0) is 19.5. The monoisotopic (exact) mass is 380 g/mol. The van der Waals surface area contributed by atoms with Gasteiger partial charge in [0.25, 0.3) is 5.91 Å². The summed E-state index contributed by atoms with van der Waals surface area (Å²) in [4.78, 5) is 27.7. The van der Waals surface area contributed by atoms with Crippen LogP contribution in [0.3, 0.4) is 0 Å². The number of amides is 1. The van der Waals surface area contributed by atoms with E-state index >= 15 is 0 Å². The second kappa shape index (κ2) is 7.84. The molecule has 0 atom stereocenters. The number of ether oxygens (including phenoxy) is 1. The number of hydrogen-bond donors (Lipinski definition) is 2. The maximum Gasteiger partial charge on any atom is 0.338 e. The zero-order valence-electron chi connectivity index (χ0n) is 15.4. The molecule has 3 aromatic rings. The van der Waals surface area contributed by atoms with Crippen LogP contribution in [0.15, 0.2) is 42.5 Å². The van der Waals surface area contributed by atoms with Crippen LogP contribution in [0.2, 0.25) is 0 Å². The van der Waals surface area contributed by atoms with Crippen molar-refractivity contribution in [2.24, 2.45) is 0 Å². The molecule has 0 radical (unpaired) electrons. The minimum Gasteiger partial charge on any atom is -0.452 e. The Labute approximate surface area is 161 Å². The van der Waals surface area contributed by atoms with Crippen LogP contribution in [-0.2, 0) is 28.9 Å². The molecule has 0 saturated heterocycles. The van der Waals surface area contributed by atoms with E-state index in [0.717, 1.165) is 35.7 Å². The molecule has 1 aliphatic carbocycles. The van der Waals surface area contributed by atoms with Crippen LogP contribution in [0.4, 0.5) is 4.39 Å². The van der Waals surface area contributed by atoms with E-state index in [-0.39, 0.29) is 19.0 Å². The number of benzene rings is 2. The lowest BCUT2D eigenvalue weighted by atomic mass is 9.95. The standard InChI is InChI=1S/C22H21FN2O3/c23-16-8-5-14(6-9-16)12-24-21(26)13-28-22(27)15-7-10-20-18(11-15)17-3-1-2-4-19(17)25-20/h5-11,25H,1-4,12-13H2,(H,24,26). The second-order valence-electron chi connectivity index (χ2n) is 7.03. The van der Waals surface area contributed by atoms with Gasteiger partial charge in [0.05, 0.1) is 5.56 Å². The molecule has 1 heterocycles. The number of rotatable bonds is 5. The van der Waals surface area contributed by atoms with E-state index in [1.54, 1.807) is 18.2 Å². The van der Waals surface area contributed by atoms with E-state index in [9.17, 15) is 14.0 Å². The lowest BCUT2D eigenvalue weighted by molar-refractivity contribution is -0.124. The SMILES string of the molecule is O=C(COC(=O)c1ccc2[nH]c3c(c2c1)CCCC3)NCc1ccc(F)cc1. The molecule has 1 aromatic heterocycles. The maximum absolute atomic E-state index is 12.9. The van der Waals surface area contributed by atoms with Crippen molar-refractivity contribution in [3.63, 3.8) is 0 Å². The lowest BCUT2D eigenvalue weighted by Gasteiger charge is -2.10. The number of aryl methyl sites for hydroxylation is 2. The third kappa shape index (κ3) is 3.91. The summed E-state index contributed by atoms with van der Waals surface area (Å²) in [7, 11) is 0. The van der Waals surface area contributed by atoms with E-state index in [1.807, 2.05) is 12.1 Å². The fraction of sp³-hybridized carbons (Fsp3) is 0.273. The Balaban J connectivity index is 1.35. The van der Waals surface area contributed by atoms with Gasteiger partial charge in [-0.2, -0.15) is 0 Å². The molecule has 4 rings (SSSR count). The van der Waals surface area contributed by atoms with E-state index < -0.39 is 11.9 Å². The first-order chi connectivity index (χ1) is 13.6. The molecule has 0 aliphatic heterocycles. The molecule has 28 heavy (non-hydrogen) atoms. The van der Waals surface area contributed by atoms with Gasteiger partial charge in [-0.3, -0.25) is 4.79 Å². The molecule has 0 unspecified atom stereocenters. The van der Waals surface area contributed by atoms with Crippen LogP contribution in [-0.4, -0.2) is 23.5 Å². The van der Waals surface area contributed by atoms with Gasteiger partial charge in [0, 0.05) is 23.1 Å². The van der Waals surface area contributed by atoms with Crippen molar-refractivity contribution in [3.05, 3.63) is 70.7 Å². The smallest absolute Gasteiger partial charge is 0.338 e. The Morgan fingerprint density at radius 1 is 1.07 bits per heavy atom. The van der Waals surface area contributed by atoms with Crippen LogP contribution < -0.4 is 5.32 Å². The predicted molar refractivity (Wildman–Crippen MR) is 103 cm³/mol. The van der Waals surface area contributed by atoms with Crippen LogP contribution in [0.1, 0.15) is 40.0 Å². The highest BCUT2D eigenvalue weighted by molar-refractivity contribution is 5.97. The van der Waals surface area contributed by atoms with Crippen molar-refractivity contribution in [3.8, 4) is 0 Å². The van der Waals surface area contributed by atoms with Crippen molar-refractivity contribution < 1.29 is 18.7 Å². The first-order valence-corrected chi connectivity index (χ1v) is 9.42. The number of hydrogen-bond acceptors (Lipinski definition) is 3. The molecule has 0 saturated carbocycles. The highest BCUT2D eigenvalue weighted by atomic mass is 19.1. The number of H-pyrrole nitrogens is 1. The molecular formula is C22H21FN2O3. The molecule has 2 N–H and O–H groups in total. The van der Waals surface area contributed by atoms with Crippen molar-refractivity contribution >= 4 is 22.8 Å². The quantitative estimate of drug-likeness (QED) is 0.664.